The summed E-state index contributed by atoms with van der Waals surface area (Å²) in [6.45, 7) is 0.541. The van der Waals surface area contributed by atoms with Crippen molar-refractivity contribution >= 4 is 16.9 Å². The molecule has 0 spiro atoms. The summed E-state index contributed by atoms with van der Waals surface area (Å²) >= 11 is 0. The van der Waals surface area contributed by atoms with E-state index in [9.17, 15) is 9.90 Å². The van der Waals surface area contributed by atoms with Gasteiger partial charge in [0.05, 0.1) is 0 Å². The summed E-state index contributed by atoms with van der Waals surface area (Å²) in [6.07, 6.45) is 2.35. The van der Waals surface area contributed by atoms with E-state index < -0.39 is 12.0 Å². The van der Waals surface area contributed by atoms with Crippen molar-refractivity contribution in [2.75, 3.05) is 20.8 Å². The van der Waals surface area contributed by atoms with Crippen LogP contribution in [-0.4, -0.2) is 47.8 Å². The molecule has 0 unspecified atom stereocenters. The molecule has 102 valence electrons. The van der Waals surface area contributed by atoms with Crippen molar-refractivity contribution in [1.82, 2.24) is 15.2 Å². The summed E-state index contributed by atoms with van der Waals surface area (Å²) in [5, 5.41) is 13.4. The van der Waals surface area contributed by atoms with Gasteiger partial charge in [-0.1, -0.05) is 18.2 Å². The minimum absolute atomic E-state index is 0.465. The quantitative estimate of drug-likeness (QED) is 0.685. The highest BCUT2D eigenvalue weighted by Gasteiger charge is 2.19. The smallest absolute Gasteiger partial charge is 0.321 e. The van der Waals surface area contributed by atoms with E-state index in [1.165, 1.54) is 0 Å². The van der Waals surface area contributed by atoms with Gasteiger partial charge in [-0.15, -0.1) is 0 Å². The predicted molar refractivity (Wildman–Crippen MR) is 75.1 cm³/mol. The number of H-pyrrole nitrogens is 1. The van der Waals surface area contributed by atoms with Crippen molar-refractivity contribution in [2.24, 2.45) is 0 Å². The molecule has 0 bridgehead atoms. The predicted octanol–water partition coefficient (Wildman–Crippen LogP) is 1.27. The molecule has 5 heteroatoms. The molecule has 0 aliphatic carbocycles. The molecule has 0 amide bonds. The van der Waals surface area contributed by atoms with Crippen LogP contribution in [0.1, 0.15) is 5.56 Å². The van der Waals surface area contributed by atoms with Crippen LogP contribution >= 0.6 is 0 Å². The normalized spacial score (nSPS) is 13.0. The minimum atomic E-state index is -0.827. The Kier molecular flexibility index (Phi) is 4.19. The van der Waals surface area contributed by atoms with E-state index in [0.29, 0.717) is 13.1 Å². The summed E-state index contributed by atoms with van der Waals surface area (Å²) in [6, 6.07) is 7.33. The zero-order valence-corrected chi connectivity index (χ0v) is 11.2. The Morgan fingerprint density at radius 1 is 1.42 bits per heavy atom. The average molecular weight is 261 g/mol. The average Bonchev–Trinajstić information content (AvgIpc) is 2.77. The maximum Gasteiger partial charge on any atom is 0.321 e. The highest BCUT2D eigenvalue weighted by Crippen LogP contribution is 2.19. The van der Waals surface area contributed by atoms with Crippen LogP contribution in [0.4, 0.5) is 0 Å². The van der Waals surface area contributed by atoms with Crippen molar-refractivity contribution in [2.45, 2.75) is 12.5 Å². The molecule has 2 aromatic rings. The molecule has 0 fully saturated rings. The first-order chi connectivity index (χ1) is 9.08. The van der Waals surface area contributed by atoms with Crippen LogP contribution in [0.5, 0.6) is 0 Å². The number of carboxylic acids is 1. The SMILES string of the molecule is CN(C)CN[C@@H](Cc1c[nH]c2ccccc12)C(=O)O. The fourth-order valence-electron chi connectivity index (χ4n) is 2.06. The second-order valence-corrected chi connectivity index (χ2v) is 4.90. The number of nitrogens with one attached hydrogen (secondary N) is 2. The lowest BCUT2D eigenvalue weighted by atomic mass is 10.1. The van der Waals surface area contributed by atoms with Crippen molar-refractivity contribution in [3.63, 3.8) is 0 Å². The minimum Gasteiger partial charge on any atom is -0.480 e. The standard InChI is InChI=1S/C14H19N3O2/c1-17(2)9-16-13(14(18)19)7-10-8-15-12-6-4-3-5-11(10)12/h3-6,8,13,15-16H,7,9H2,1-2H3,(H,18,19)/t13-/m0/s1. The molecule has 0 saturated carbocycles. The number of carbonyl (C=O) groups is 1. The van der Waals surface area contributed by atoms with Crippen molar-refractivity contribution in [1.29, 1.82) is 0 Å². The molecule has 2 rings (SSSR count). The van der Waals surface area contributed by atoms with E-state index >= 15 is 0 Å². The van der Waals surface area contributed by atoms with Crippen LogP contribution in [0.2, 0.25) is 0 Å². The van der Waals surface area contributed by atoms with Crippen molar-refractivity contribution in [3.05, 3.63) is 36.0 Å². The molecule has 0 aliphatic rings. The summed E-state index contributed by atoms with van der Waals surface area (Å²) in [5.74, 6) is -0.827. The van der Waals surface area contributed by atoms with Gasteiger partial charge in [-0.05, 0) is 25.7 Å². The lowest BCUT2D eigenvalue weighted by molar-refractivity contribution is -0.139. The topological polar surface area (TPSA) is 68.4 Å². The second-order valence-electron chi connectivity index (χ2n) is 4.90. The largest absolute Gasteiger partial charge is 0.480 e. The van der Waals surface area contributed by atoms with Crippen LogP contribution in [0.25, 0.3) is 10.9 Å². The van der Waals surface area contributed by atoms with Gasteiger partial charge in [-0.3, -0.25) is 15.0 Å². The van der Waals surface area contributed by atoms with Gasteiger partial charge in [0.25, 0.3) is 0 Å². The number of hydrogen-bond acceptors (Lipinski definition) is 3. The first-order valence-electron chi connectivity index (χ1n) is 6.24. The zero-order chi connectivity index (χ0) is 13.8. The Morgan fingerprint density at radius 3 is 2.84 bits per heavy atom. The fraction of sp³-hybridized carbons (Fsp3) is 0.357. The molecule has 0 aliphatic heterocycles. The molecule has 0 saturated heterocycles. The number of aliphatic carboxylic acids is 1. The molecule has 1 atom stereocenters. The Labute approximate surface area is 112 Å². The number of benzene rings is 1. The lowest BCUT2D eigenvalue weighted by Gasteiger charge is -2.17. The van der Waals surface area contributed by atoms with Gasteiger partial charge in [-0.2, -0.15) is 0 Å². The number of rotatable bonds is 6. The third kappa shape index (κ3) is 3.33. The zero-order valence-electron chi connectivity index (χ0n) is 11.2. The Balaban J connectivity index is 2.14. The number of para-hydroxylation sites is 1. The number of nitrogens with zero attached hydrogens (tertiary/aromatic N) is 1. The highest BCUT2D eigenvalue weighted by molar-refractivity contribution is 5.84. The van der Waals surface area contributed by atoms with Gasteiger partial charge in [-0.25, -0.2) is 0 Å². The van der Waals surface area contributed by atoms with E-state index in [4.69, 9.17) is 0 Å². The van der Waals surface area contributed by atoms with Gasteiger partial charge < -0.3 is 10.1 Å². The van der Waals surface area contributed by atoms with Gasteiger partial charge in [0.15, 0.2) is 0 Å². The van der Waals surface area contributed by atoms with Crippen molar-refractivity contribution < 1.29 is 9.90 Å². The number of fused-ring (bicyclic) bond motifs is 1. The third-order valence-electron chi connectivity index (χ3n) is 3.05. The summed E-state index contributed by atoms with van der Waals surface area (Å²) < 4.78 is 0. The summed E-state index contributed by atoms with van der Waals surface area (Å²) in [7, 11) is 3.80. The first-order valence-corrected chi connectivity index (χ1v) is 6.24. The van der Waals surface area contributed by atoms with E-state index in [1.807, 2.05) is 49.5 Å². The molecule has 3 N–H and O–H groups in total. The van der Waals surface area contributed by atoms with Gasteiger partial charge >= 0.3 is 5.97 Å². The van der Waals surface area contributed by atoms with E-state index in [2.05, 4.69) is 10.3 Å². The molecular formula is C14H19N3O2. The van der Waals surface area contributed by atoms with Crippen LogP contribution in [-0.2, 0) is 11.2 Å². The molecular weight excluding hydrogens is 242 g/mol. The number of hydrogen-bond donors (Lipinski definition) is 3. The maximum atomic E-state index is 11.3. The van der Waals surface area contributed by atoms with Crippen LogP contribution in [0, 0.1) is 0 Å². The summed E-state index contributed by atoms with van der Waals surface area (Å²) in [4.78, 5) is 16.4. The number of aromatic nitrogens is 1. The molecule has 1 heterocycles. The Hall–Kier alpha value is -1.85. The van der Waals surface area contributed by atoms with Gasteiger partial charge in [0.2, 0.25) is 0 Å². The highest BCUT2D eigenvalue weighted by atomic mass is 16.4. The van der Waals surface area contributed by atoms with Gasteiger partial charge in [0.1, 0.15) is 6.04 Å². The van der Waals surface area contributed by atoms with E-state index in [0.717, 1.165) is 16.5 Å². The molecule has 1 aromatic carbocycles. The second kappa shape index (κ2) is 5.86. The summed E-state index contributed by atoms with van der Waals surface area (Å²) in [5.41, 5.74) is 2.06. The molecule has 5 nitrogen and oxygen atoms in total. The maximum absolute atomic E-state index is 11.3. The number of carboxylic acid groups (broad SMARTS) is 1. The van der Waals surface area contributed by atoms with Crippen LogP contribution in [0.3, 0.4) is 0 Å². The van der Waals surface area contributed by atoms with E-state index in [1.54, 1.807) is 0 Å². The third-order valence-corrected chi connectivity index (χ3v) is 3.05. The monoisotopic (exact) mass is 261 g/mol. The van der Waals surface area contributed by atoms with E-state index in [-0.39, 0.29) is 0 Å². The van der Waals surface area contributed by atoms with Crippen molar-refractivity contribution in [3.8, 4) is 0 Å². The first kappa shape index (κ1) is 13.6. The number of aromatic amines is 1. The molecule has 19 heavy (non-hydrogen) atoms. The Bertz CT molecular complexity index is 563. The fourth-order valence-corrected chi connectivity index (χ4v) is 2.06. The lowest BCUT2D eigenvalue weighted by Crippen LogP contribution is -2.42. The molecule has 0 radical (unpaired) electrons. The van der Waals surface area contributed by atoms with Crippen LogP contribution < -0.4 is 5.32 Å². The Morgan fingerprint density at radius 2 is 2.16 bits per heavy atom. The van der Waals surface area contributed by atoms with Crippen LogP contribution in [0.15, 0.2) is 30.5 Å². The van der Waals surface area contributed by atoms with Gasteiger partial charge in [0, 0.05) is 30.2 Å². The molecule has 1 aromatic heterocycles.